The molecule has 8 heteroatoms. The fourth-order valence-electron chi connectivity index (χ4n) is 1.70. The molecule has 0 saturated heterocycles. The molecule has 2 aromatic heterocycles. The first-order chi connectivity index (χ1) is 10.9. The van der Waals surface area contributed by atoms with Crippen LogP contribution in [0.2, 0.25) is 0 Å². The Balaban J connectivity index is 2.29. The molecule has 0 atom stereocenters. The summed E-state index contributed by atoms with van der Waals surface area (Å²) in [5, 5.41) is 16.3. The standard InChI is InChI=1S/C15H14N2O3S3/c1-10(2)23(19,20)14-9-21-8-12(14)17-7-11(6-16)15(18)13-4-3-5-22-13/h3-5,7-10,17H,1-2H3. The van der Waals surface area contributed by atoms with Crippen LogP contribution < -0.4 is 5.32 Å². The number of hydrogen-bond acceptors (Lipinski definition) is 7. The molecule has 0 unspecified atom stereocenters. The van der Waals surface area contributed by atoms with Gasteiger partial charge < -0.3 is 5.32 Å². The molecule has 0 saturated carbocycles. The highest BCUT2D eigenvalue weighted by molar-refractivity contribution is 7.92. The van der Waals surface area contributed by atoms with Gasteiger partial charge in [-0.05, 0) is 25.3 Å². The number of nitrogens with one attached hydrogen (secondary N) is 1. The Labute approximate surface area is 142 Å². The summed E-state index contributed by atoms with van der Waals surface area (Å²) in [6.07, 6.45) is 1.25. The third-order valence-electron chi connectivity index (χ3n) is 3.04. The smallest absolute Gasteiger partial charge is 0.214 e. The summed E-state index contributed by atoms with van der Waals surface area (Å²) in [6, 6.07) is 5.21. The zero-order valence-electron chi connectivity index (χ0n) is 12.4. The Morgan fingerprint density at radius 2 is 2.13 bits per heavy atom. The lowest BCUT2D eigenvalue weighted by atomic mass is 10.2. The van der Waals surface area contributed by atoms with Gasteiger partial charge in [-0.3, -0.25) is 4.79 Å². The maximum Gasteiger partial charge on any atom is 0.214 e. The molecule has 2 heterocycles. The molecule has 1 N–H and O–H groups in total. The Morgan fingerprint density at radius 1 is 1.39 bits per heavy atom. The molecule has 2 aromatic rings. The first-order valence-electron chi connectivity index (χ1n) is 6.63. The second-order valence-corrected chi connectivity index (χ2v) is 9.03. The van der Waals surface area contributed by atoms with Gasteiger partial charge in [0, 0.05) is 17.0 Å². The van der Waals surface area contributed by atoms with Gasteiger partial charge >= 0.3 is 0 Å². The molecule has 0 bridgehead atoms. The van der Waals surface area contributed by atoms with Gasteiger partial charge in [0.25, 0.3) is 0 Å². The first-order valence-corrected chi connectivity index (χ1v) is 10.00. The minimum atomic E-state index is -3.43. The van der Waals surface area contributed by atoms with E-state index in [1.807, 2.05) is 6.07 Å². The summed E-state index contributed by atoms with van der Waals surface area (Å²) in [6.45, 7) is 3.21. The second kappa shape index (κ2) is 7.08. The highest BCUT2D eigenvalue weighted by Crippen LogP contribution is 2.29. The van der Waals surface area contributed by atoms with Crippen LogP contribution in [0.5, 0.6) is 0 Å². The Kier molecular flexibility index (Phi) is 5.36. The van der Waals surface area contributed by atoms with E-state index >= 15 is 0 Å². The van der Waals surface area contributed by atoms with E-state index in [2.05, 4.69) is 5.32 Å². The summed E-state index contributed by atoms with van der Waals surface area (Å²) in [5.74, 6) is -0.390. The number of sulfone groups is 1. The predicted molar refractivity (Wildman–Crippen MR) is 92.6 cm³/mol. The quantitative estimate of drug-likeness (QED) is 0.478. The fraction of sp³-hybridized carbons (Fsp3) is 0.200. The van der Waals surface area contributed by atoms with Crippen molar-refractivity contribution in [1.82, 2.24) is 0 Å². The van der Waals surface area contributed by atoms with Crippen molar-refractivity contribution >= 4 is 44.0 Å². The van der Waals surface area contributed by atoms with Crippen molar-refractivity contribution in [3.05, 3.63) is 44.9 Å². The van der Waals surface area contributed by atoms with Crippen molar-refractivity contribution in [3.8, 4) is 6.07 Å². The second-order valence-electron chi connectivity index (χ2n) is 4.86. The van der Waals surface area contributed by atoms with Crippen LogP contribution in [-0.2, 0) is 9.84 Å². The van der Waals surface area contributed by atoms with Crippen LogP contribution in [-0.4, -0.2) is 19.5 Å². The third-order valence-corrected chi connectivity index (χ3v) is 6.99. The number of carbonyl (C=O) groups excluding carboxylic acids is 1. The minimum Gasteiger partial charge on any atom is -0.359 e. The zero-order valence-corrected chi connectivity index (χ0v) is 14.9. The summed E-state index contributed by atoms with van der Waals surface area (Å²) < 4.78 is 24.5. The average molecular weight is 366 g/mol. The van der Waals surface area contributed by atoms with Crippen LogP contribution in [0, 0.1) is 11.3 Å². The van der Waals surface area contributed by atoms with Gasteiger partial charge in [0.05, 0.1) is 15.8 Å². The molecule has 23 heavy (non-hydrogen) atoms. The highest BCUT2D eigenvalue weighted by atomic mass is 32.2. The normalized spacial score (nSPS) is 12.2. The maximum atomic E-state index is 12.3. The molecule has 0 aromatic carbocycles. The fourth-order valence-corrected chi connectivity index (χ4v) is 4.74. The SMILES string of the molecule is CC(C)S(=O)(=O)c1cscc1NC=C(C#N)C(=O)c1cccs1. The van der Waals surface area contributed by atoms with E-state index in [9.17, 15) is 13.2 Å². The van der Waals surface area contributed by atoms with Gasteiger partial charge in [0.2, 0.25) is 5.78 Å². The minimum absolute atomic E-state index is 0.0773. The number of Topliss-reactive ketones (excluding diaryl/α,β-unsaturated/α-hetero) is 1. The van der Waals surface area contributed by atoms with E-state index in [0.29, 0.717) is 10.6 Å². The van der Waals surface area contributed by atoms with Crippen LogP contribution in [0.25, 0.3) is 0 Å². The largest absolute Gasteiger partial charge is 0.359 e. The number of nitriles is 1. The topological polar surface area (TPSA) is 87.0 Å². The Hall–Kier alpha value is -1.95. The molecule has 0 radical (unpaired) electrons. The number of allylic oxidation sites excluding steroid dienone is 1. The number of nitrogens with zero attached hydrogens (tertiary/aromatic N) is 1. The van der Waals surface area contributed by atoms with Gasteiger partial charge in [-0.15, -0.1) is 22.7 Å². The molecular formula is C15H14N2O3S3. The molecule has 0 spiro atoms. The van der Waals surface area contributed by atoms with Gasteiger partial charge in [0.1, 0.15) is 16.5 Å². The van der Waals surface area contributed by atoms with E-state index < -0.39 is 20.9 Å². The molecule has 120 valence electrons. The van der Waals surface area contributed by atoms with Crippen molar-refractivity contribution in [1.29, 1.82) is 5.26 Å². The van der Waals surface area contributed by atoms with Crippen molar-refractivity contribution in [2.24, 2.45) is 0 Å². The highest BCUT2D eigenvalue weighted by Gasteiger charge is 2.23. The predicted octanol–water partition coefficient (Wildman–Crippen LogP) is 3.69. The van der Waals surface area contributed by atoms with Crippen LogP contribution >= 0.6 is 22.7 Å². The molecule has 0 fully saturated rings. The van der Waals surface area contributed by atoms with E-state index in [4.69, 9.17) is 5.26 Å². The summed E-state index contributed by atoms with van der Waals surface area (Å²) >= 11 is 2.49. The lowest BCUT2D eigenvalue weighted by Crippen LogP contribution is -2.14. The van der Waals surface area contributed by atoms with Crippen molar-refractivity contribution in [3.63, 3.8) is 0 Å². The number of thiophene rings is 2. The Bertz CT molecular complexity index is 869. The lowest BCUT2D eigenvalue weighted by Gasteiger charge is -2.08. The molecule has 0 aliphatic carbocycles. The summed E-state index contributed by atoms with van der Waals surface area (Å²) in [4.78, 5) is 12.8. The number of ketones is 1. The van der Waals surface area contributed by atoms with Gasteiger partial charge in [-0.1, -0.05) is 6.07 Å². The van der Waals surface area contributed by atoms with Crippen molar-refractivity contribution in [2.45, 2.75) is 24.0 Å². The number of carbonyl (C=O) groups is 1. The molecule has 0 aliphatic heterocycles. The number of anilines is 1. The molecule has 0 aliphatic rings. The maximum absolute atomic E-state index is 12.3. The van der Waals surface area contributed by atoms with Gasteiger partial charge in [-0.25, -0.2) is 8.42 Å². The molecule has 5 nitrogen and oxygen atoms in total. The van der Waals surface area contributed by atoms with Crippen LogP contribution in [0.1, 0.15) is 23.5 Å². The van der Waals surface area contributed by atoms with E-state index in [1.54, 1.807) is 42.1 Å². The molecule has 0 amide bonds. The number of rotatable bonds is 6. The van der Waals surface area contributed by atoms with Gasteiger partial charge in [0.15, 0.2) is 9.84 Å². The first kappa shape index (κ1) is 17.4. The van der Waals surface area contributed by atoms with Crippen LogP contribution in [0.4, 0.5) is 5.69 Å². The van der Waals surface area contributed by atoms with E-state index in [0.717, 1.165) is 0 Å². The Morgan fingerprint density at radius 3 is 2.70 bits per heavy atom. The average Bonchev–Trinajstić information content (AvgIpc) is 3.19. The van der Waals surface area contributed by atoms with Crippen LogP contribution in [0.3, 0.4) is 0 Å². The monoisotopic (exact) mass is 366 g/mol. The van der Waals surface area contributed by atoms with Crippen molar-refractivity contribution in [2.75, 3.05) is 5.32 Å². The van der Waals surface area contributed by atoms with Crippen molar-refractivity contribution < 1.29 is 13.2 Å². The van der Waals surface area contributed by atoms with Crippen LogP contribution in [0.15, 0.2) is 44.9 Å². The summed E-state index contributed by atoms with van der Waals surface area (Å²) in [7, 11) is -3.43. The number of hydrogen-bond donors (Lipinski definition) is 1. The third kappa shape index (κ3) is 3.69. The summed E-state index contributed by atoms with van der Waals surface area (Å²) in [5.41, 5.74) is 0.293. The molecule has 2 rings (SSSR count). The van der Waals surface area contributed by atoms with Gasteiger partial charge in [-0.2, -0.15) is 5.26 Å². The zero-order chi connectivity index (χ0) is 17.0. The lowest BCUT2D eigenvalue weighted by molar-refractivity contribution is 0.104. The van der Waals surface area contributed by atoms with E-state index in [1.165, 1.54) is 28.9 Å². The van der Waals surface area contributed by atoms with E-state index in [-0.39, 0.29) is 10.5 Å². The molecular weight excluding hydrogens is 352 g/mol.